The smallest absolute Gasteiger partial charge is 0.315 e. The van der Waals surface area contributed by atoms with Gasteiger partial charge in [0.25, 0.3) is 0 Å². The van der Waals surface area contributed by atoms with Crippen molar-refractivity contribution >= 4 is 6.01 Å². The molecule has 0 aliphatic carbocycles. The first-order chi connectivity index (χ1) is 8.27. The second kappa shape index (κ2) is 8.03. The molecule has 0 aliphatic rings. The Labute approximate surface area is 102 Å². The highest BCUT2D eigenvalue weighted by molar-refractivity contribution is 5.16. The quantitative estimate of drug-likeness (QED) is 0.641. The van der Waals surface area contributed by atoms with E-state index >= 15 is 0 Å². The Hall–Kier alpha value is -1.14. The third-order valence-electron chi connectivity index (χ3n) is 2.24. The zero-order valence-corrected chi connectivity index (χ0v) is 10.8. The van der Waals surface area contributed by atoms with E-state index in [0.29, 0.717) is 31.7 Å². The van der Waals surface area contributed by atoms with Gasteiger partial charge in [0.2, 0.25) is 5.89 Å². The van der Waals surface area contributed by atoms with Crippen LogP contribution in [0, 0.1) is 0 Å². The molecule has 0 aliphatic heterocycles. The van der Waals surface area contributed by atoms with E-state index < -0.39 is 0 Å². The van der Waals surface area contributed by atoms with Crippen molar-refractivity contribution in [3.8, 4) is 0 Å². The van der Waals surface area contributed by atoms with Crippen LogP contribution in [0.25, 0.3) is 0 Å². The molecule has 0 amide bonds. The maximum Gasteiger partial charge on any atom is 0.315 e. The van der Waals surface area contributed by atoms with E-state index in [1.54, 1.807) is 0 Å². The Bertz CT molecular complexity index is 303. The molecule has 0 radical (unpaired) electrons. The van der Waals surface area contributed by atoms with E-state index in [1.165, 1.54) is 0 Å². The van der Waals surface area contributed by atoms with Crippen LogP contribution < -0.4 is 10.6 Å². The molecule has 0 bridgehead atoms. The van der Waals surface area contributed by atoms with E-state index in [2.05, 4.69) is 27.8 Å². The van der Waals surface area contributed by atoms with Crippen LogP contribution in [-0.4, -0.2) is 36.5 Å². The van der Waals surface area contributed by atoms with Crippen molar-refractivity contribution in [1.82, 2.24) is 15.5 Å². The Morgan fingerprint density at radius 3 is 2.82 bits per heavy atom. The van der Waals surface area contributed by atoms with Gasteiger partial charge in [-0.1, -0.05) is 12.0 Å². The lowest BCUT2D eigenvalue weighted by molar-refractivity contribution is 0.157. The molecule has 1 unspecified atom stereocenters. The van der Waals surface area contributed by atoms with Crippen LogP contribution in [0.3, 0.4) is 0 Å². The first kappa shape index (κ1) is 13.9. The molecule has 6 heteroatoms. The van der Waals surface area contributed by atoms with Crippen LogP contribution >= 0.6 is 0 Å². The molecule has 0 saturated heterocycles. The number of rotatable bonds is 9. The average Bonchev–Trinajstić information content (AvgIpc) is 2.80. The van der Waals surface area contributed by atoms with Crippen molar-refractivity contribution in [3.63, 3.8) is 0 Å². The fraction of sp³-hybridized carbons (Fsp3) is 0.818. The van der Waals surface area contributed by atoms with E-state index in [4.69, 9.17) is 9.15 Å². The standard InChI is InChI=1S/C11H22N4O2/c1-4-6-12-9(3)10-14-15-11(17-10)13-7-8-16-5-2/h9,12H,4-8H2,1-3H3,(H,13,15). The maximum absolute atomic E-state index is 5.47. The number of hydrogen-bond acceptors (Lipinski definition) is 6. The van der Waals surface area contributed by atoms with Gasteiger partial charge in [-0.3, -0.25) is 0 Å². The summed E-state index contributed by atoms with van der Waals surface area (Å²) in [5.41, 5.74) is 0. The lowest BCUT2D eigenvalue weighted by atomic mass is 10.3. The minimum absolute atomic E-state index is 0.0879. The summed E-state index contributed by atoms with van der Waals surface area (Å²) in [7, 11) is 0. The summed E-state index contributed by atoms with van der Waals surface area (Å²) >= 11 is 0. The molecule has 1 aromatic heterocycles. The summed E-state index contributed by atoms with van der Waals surface area (Å²) < 4.78 is 10.7. The summed E-state index contributed by atoms with van der Waals surface area (Å²) in [6.07, 6.45) is 1.08. The van der Waals surface area contributed by atoms with E-state index in [1.807, 2.05) is 13.8 Å². The fourth-order valence-corrected chi connectivity index (χ4v) is 1.30. The largest absolute Gasteiger partial charge is 0.406 e. The number of aromatic nitrogens is 2. The van der Waals surface area contributed by atoms with E-state index in [-0.39, 0.29) is 6.04 Å². The first-order valence-electron chi connectivity index (χ1n) is 6.16. The van der Waals surface area contributed by atoms with Gasteiger partial charge in [-0.2, -0.15) is 0 Å². The molecule has 1 aromatic rings. The molecular formula is C11H22N4O2. The molecule has 0 fully saturated rings. The highest BCUT2D eigenvalue weighted by Crippen LogP contribution is 2.13. The molecule has 98 valence electrons. The lowest BCUT2D eigenvalue weighted by Crippen LogP contribution is -2.19. The van der Waals surface area contributed by atoms with Gasteiger partial charge in [0.15, 0.2) is 0 Å². The minimum Gasteiger partial charge on any atom is -0.406 e. The van der Waals surface area contributed by atoms with E-state index in [0.717, 1.165) is 13.0 Å². The maximum atomic E-state index is 5.47. The van der Waals surface area contributed by atoms with Gasteiger partial charge in [0, 0.05) is 13.2 Å². The lowest BCUT2D eigenvalue weighted by Gasteiger charge is -2.07. The third kappa shape index (κ3) is 5.14. The van der Waals surface area contributed by atoms with Crippen molar-refractivity contribution in [2.24, 2.45) is 0 Å². The predicted octanol–water partition coefficient (Wildman–Crippen LogP) is 1.58. The molecule has 1 atom stereocenters. The minimum atomic E-state index is 0.0879. The monoisotopic (exact) mass is 242 g/mol. The molecule has 0 spiro atoms. The Morgan fingerprint density at radius 1 is 1.29 bits per heavy atom. The summed E-state index contributed by atoms with van der Waals surface area (Å²) in [5, 5.41) is 14.2. The topological polar surface area (TPSA) is 72.2 Å². The van der Waals surface area contributed by atoms with Crippen LogP contribution in [-0.2, 0) is 4.74 Å². The Balaban J connectivity index is 2.31. The van der Waals surface area contributed by atoms with Crippen LogP contribution in [0.4, 0.5) is 6.01 Å². The van der Waals surface area contributed by atoms with Crippen LogP contribution in [0.15, 0.2) is 4.42 Å². The number of anilines is 1. The van der Waals surface area contributed by atoms with Crippen molar-refractivity contribution in [1.29, 1.82) is 0 Å². The van der Waals surface area contributed by atoms with Gasteiger partial charge in [-0.05, 0) is 26.8 Å². The number of ether oxygens (including phenoxy) is 1. The van der Waals surface area contributed by atoms with E-state index in [9.17, 15) is 0 Å². The molecule has 17 heavy (non-hydrogen) atoms. The summed E-state index contributed by atoms with van der Waals surface area (Å²) in [4.78, 5) is 0. The normalized spacial score (nSPS) is 12.6. The molecule has 0 aromatic carbocycles. The van der Waals surface area contributed by atoms with Crippen LogP contribution in [0.2, 0.25) is 0 Å². The second-order valence-electron chi connectivity index (χ2n) is 3.74. The summed E-state index contributed by atoms with van der Waals surface area (Å²) in [6, 6.07) is 0.537. The molecule has 6 nitrogen and oxygen atoms in total. The highest BCUT2D eigenvalue weighted by atomic mass is 16.5. The van der Waals surface area contributed by atoms with Crippen LogP contribution in [0.1, 0.15) is 39.1 Å². The molecular weight excluding hydrogens is 220 g/mol. The summed E-state index contributed by atoms with van der Waals surface area (Å²) in [5.74, 6) is 0.609. The van der Waals surface area contributed by atoms with Crippen molar-refractivity contribution in [2.75, 3.05) is 31.6 Å². The third-order valence-corrected chi connectivity index (χ3v) is 2.24. The Morgan fingerprint density at radius 2 is 2.12 bits per heavy atom. The number of nitrogens with one attached hydrogen (secondary N) is 2. The second-order valence-corrected chi connectivity index (χ2v) is 3.74. The SMILES string of the molecule is CCCNC(C)c1nnc(NCCOCC)o1. The van der Waals surface area contributed by atoms with Gasteiger partial charge in [0.1, 0.15) is 0 Å². The zero-order valence-electron chi connectivity index (χ0n) is 10.8. The number of nitrogens with zero attached hydrogens (tertiary/aromatic N) is 2. The highest BCUT2D eigenvalue weighted by Gasteiger charge is 2.12. The van der Waals surface area contributed by atoms with Crippen molar-refractivity contribution in [3.05, 3.63) is 5.89 Å². The molecule has 1 heterocycles. The van der Waals surface area contributed by atoms with Gasteiger partial charge >= 0.3 is 6.01 Å². The average molecular weight is 242 g/mol. The van der Waals surface area contributed by atoms with Gasteiger partial charge in [-0.25, -0.2) is 0 Å². The molecule has 0 saturated carbocycles. The van der Waals surface area contributed by atoms with Gasteiger partial charge in [0.05, 0.1) is 12.6 Å². The fourth-order valence-electron chi connectivity index (χ4n) is 1.30. The Kier molecular flexibility index (Phi) is 6.57. The van der Waals surface area contributed by atoms with Crippen LogP contribution in [0.5, 0.6) is 0 Å². The van der Waals surface area contributed by atoms with Crippen molar-refractivity contribution in [2.45, 2.75) is 33.2 Å². The van der Waals surface area contributed by atoms with Gasteiger partial charge < -0.3 is 19.8 Å². The summed E-state index contributed by atoms with van der Waals surface area (Å²) in [6.45, 7) is 9.06. The van der Waals surface area contributed by atoms with Crippen molar-refractivity contribution < 1.29 is 9.15 Å². The number of hydrogen-bond donors (Lipinski definition) is 2. The predicted molar refractivity (Wildman–Crippen MR) is 66.0 cm³/mol. The zero-order chi connectivity index (χ0) is 12.5. The molecule has 2 N–H and O–H groups in total. The molecule has 1 rings (SSSR count). The first-order valence-corrected chi connectivity index (χ1v) is 6.16. The van der Waals surface area contributed by atoms with Gasteiger partial charge in [-0.15, -0.1) is 5.10 Å².